The number of benzene rings is 1. The van der Waals surface area contributed by atoms with Crippen LogP contribution in [0.5, 0.6) is 0 Å². The standard InChI is InChI=1S/C16H22ClN3/c1-5-16(13-7-6-8-14(17)9-13)19-11(2)15-10-18-20(4)12(15)3/h6-11,16,19H,5H2,1-4H3. The third kappa shape index (κ3) is 3.22. The van der Waals surface area contributed by atoms with Gasteiger partial charge in [-0.25, -0.2) is 0 Å². The topological polar surface area (TPSA) is 29.9 Å². The molecule has 0 spiro atoms. The fraction of sp³-hybridized carbons (Fsp3) is 0.438. The molecule has 3 nitrogen and oxygen atoms in total. The van der Waals surface area contributed by atoms with Crippen molar-refractivity contribution in [2.45, 2.75) is 39.3 Å². The SMILES string of the molecule is CCC(NC(C)c1cnn(C)c1C)c1cccc(Cl)c1. The van der Waals surface area contributed by atoms with Crippen LogP contribution in [0.25, 0.3) is 0 Å². The fourth-order valence-corrected chi connectivity index (χ4v) is 2.70. The molecule has 0 bridgehead atoms. The Morgan fingerprint density at radius 3 is 2.70 bits per heavy atom. The molecule has 0 aliphatic carbocycles. The van der Waals surface area contributed by atoms with Crippen LogP contribution in [0.1, 0.15) is 49.2 Å². The maximum absolute atomic E-state index is 6.09. The third-order valence-corrected chi connectivity index (χ3v) is 4.09. The normalized spacial score (nSPS) is 14.2. The maximum atomic E-state index is 6.09. The van der Waals surface area contributed by atoms with E-state index in [4.69, 9.17) is 11.6 Å². The van der Waals surface area contributed by atoms with Gasteiger partial charge in [-0.3, -0.25) is 4.68 Å². The number of hydrogen-bond acceptors (Lipinski definition) is 2. The lowest BCUT2D eigenvalue weighted by atomic mass is 10.0. The minimum absolute atomic E-state index is 0.257. The van der Waals surface area contributed by atoms with Gasteiger partial charge < -0.3 is 5.32 Å². The molecule has 0 saturated carbocycles. The van der Waals surface area contributed by atoms with Gasteiger partial charge >= 0.3 is 0 Å². The monoisotopic (exact) mass is 291 g/mol. The van der Waals surface area contributed by atoms with Gasteiger partial charge in [0.25, 0.3) is 0 Å². The summed E-state index contributed by atoms with van der Waals surface area (Å²) in [6, 6.07) is 8.62. The molecule has 0 radical (unpaired) electrons. The quantitative estimate of drug-likeness (QED) is 0.895. The summed E-state index contributed by atoms with van der Waals surface area (Å²) in [4.78, 5) is 0. The van der Waals surface area contributed by atoms with E-state index in [1.54, 1.807) is 0 Å². The van der Waals surface area contributed by atoms with Crippen LogP contribution in [0, 0.1) is 6.92 Å². The Morgan fingerprint density at radius 1 is 1.40 bits per heavy atom. The highest BCUT2D eigenvalue weighted by Gasteiger charge is 2.17. The lowest BCUT2D eigenvalue weighted by Crippen LogP contribution is -2.24. The number of rotatable bonds is 5. The summed E-state index contributed by atoms with van der Waals surface area (Å²) in [5, 5.41) is 8.77. The predicted molar refractivity (Wildman–Crippen MR) is 84.0 cm³/mol. The van der Waals surface area contributed by atoms with Gasteiger partial charge in [0.2, 0.25) is 0 Å². The number of nitrogens with zero attached hydrogens (tertiary/aromatic N) is 2. The Morgan fingerprint density at radius 2 is 2.15 bits per heavy atom. The molecule has 0 saturated heterocycles. The summed E-state index contributed by atoms with van der Waals surface area (Å²) in [7, 11) is 1.97. The molecule has 2 atom stereocenters. The molecular formula is C16H22ClN3. The van der Waals surface area contributed by atoms with Crippen molar-refractivity contribution in [2.24, 2.45) is 7.05 Å². The molecule has 2 rings (SSSR count). The predicted octanol–water partition coefficient (Wildman–Crippen LogP) is 4.18. The first kappa shape index (κ1) is 15.1. The average Bonchev–Trinajstić information content (AvgIpc) is 2.76. The van der Waals surface area contributed by atoms with Crippen molar-refractivity contribution in [3.05, 3.63) is 52.3 Å². The van der Waals surface area contributed by atoms with E-state index in [0.717, 1.165) is 11.4 Å². The molecule has 2 aromatic rings. The Hall–Kier alpha value is -1.32. The minimum atomic E-state index is 0.257. The van der Waals surface area contributed by atoms with Gasteiger partial charge in [-0.05, 0) is 38.0 Å². The van der Waals surface area contributed by atoms with Gasteiger partial charge in [0.1, 0.15) is 0 Å². The fourth-order valence-electron chi connectivity index (χ4n) is 2.51. The van der Waals surface area contributed by atoms with Gasteiger partial charge in [0, 0.05) is 35.4 Å². The van der Waals surface area contributed by atoms with Crippen molar-refractivity contribution in [2.75, 3.05) is 0 Å². The van der Waals surface area contributed by atoms with Crippen LogP contribution in [0.4, 0.5) is 0 Å². The molecule has 1 aromatic carbocycles. The summed E-state index contributed by atoms with van der Waals surface area (Å²) >= 11 is 6.09. The van der Waals surface area contributed by atoms with E-state index in [0.29, 0.717) is 6.04 Å². The Bertz CT molecular complexity index is 577. The molecule has 2 unspecified atom stereocenters. The third-order valence-electron chi connectivity index (χ3n) is 3.85. The highest BCUT2D eigenvalue weighted by molar-refractivity contribution is 6.30. The smallest absolute Gasteiger partial charge is 0.0540 e. The van der Waals surface area contributed by atoms with Gasteiger partial charge in [-0.15, -0.1) is 0 Å². The molecule has 0 aliphatic rings. The molecule has 0 fully saturated rings. The van der Waals surface area contributed by atoms with Crippen molar-refractivity contribution in [1.29, 1.82) is 0 Å². The van der Waals surface area contributed by atoms with Crippen LogP contribution in [0.3, 0.4) is 0 Å². The number of nitrogens with one attached hydrogen (secondary N) is 1. The molecule has 0 aliphatic heterocycles. The van der Waals surface area contributed by atoms with Gasteiger partial charge in [-0.2, -0.15) is 5.10 Å². The zero-order chi connectivity index (χ0) is 14.7. The molecule has 1 N–H and O–H groups in total. The van der Waals surface area contributed by atoms with Crippen molar-refractivity contribution < 1.29 is 0 Å². The zero-order valence-corrected chi connectivity index (χ0v) is 13.3. The Kier molecular flexibility index (Phi) is 4.84. The Balaban J connectivity index is 2.16. The maximum Gasteiger partial charge on any atom is 0.0540 e. The van der Waals surface area contributed by atoms with Crippen LogP contribution < -0.4 is 5.32 Å². The van der Waals surface area contributed by atoms with Gasteiger partial charge in [-0.1, -0.05) is 30.7 Å². The van der Waals surface area contributed by atoms with Crippen LogP contribution in [-0.2, 0) is 7.05 Å². The van der Waals surface area contributed by atoms with Gasteiger partial charge in [0.05, 0.1) is 6.20 Å². The number of hydrogen-bond donors (Lipinski definition) is 1. The summed E-state index contributed by atoms with van der Waals surface area (Å²) in [6.45, 7) is 6.46. The number of aromatic nitrogens is 2. The van der Waals surface area contributed by atoms with E-state index < -0.39 is 0 Å². The van der Waals surface area contributed by atoms with Gasteiger partial charge in [0.15, 0.2) is 0 Å². The molecule has 108 valence electrons. The summed E-state index contributed by atoms with van der Waals surface area (Å²) in [6.07, 6.45) is 2.96. The second-order valence-electron chi connectivity index (χ2n) is 5.21. The van der Waals surface area contributed by atoms with E-state index in [2.05, 4.69) is 37.3 Å². The number of aryl methyl sites for hydroxylation is 1. The van der Waals surface area contributed by atoms with E-state index >= 15 is 0 Å². The second kappa shape index (κ2) is 6.42. The van der Waals surface area contributed by atoms with Crippen LogP contribution in [0.2, 0.25) is 5.02 Å². The molecule has 1 aromatic heterocycles. The first-order valence-electron chi connectivity index (χ1n) is 7.03. The summed E-state index contributed by atoms with van der Waals surface area (Å²) < 4.78 is 1.91. The first-order chi connectivity index (χ1) is 9.52. The van der Waals surface area contributed by atoms with Crippen LogP contribution in [-0.4, -0.2) is 9.78 Å². The highest BCUT2D eigenvalue weighted by Crippen LogP contribution is 2.25. The lowest BCUT2D eigenvalue weighted by molar-refractivity contribution is 0.455. The van der Waals surface area contributed by atoms with Crippen molar-refractivity contribution in [1.82, 2.24) is 15.1 Å². The minimum Gasteiger partial charge on any atom is -0.303 e. The van der Waals surface area contributed by atoms with Crippen LogP contribution >= 0.6 is 11.6 Å². The lowest BCUT2D eigenvalue weighted by Gasteiger charge is -2.23. The second-order valence-corrected chi connectivity index (χ2v) is 5.65. The summed E-state index contributed by atoms with van der Waals surface area (Å²) in [5.41, 5.74) is 3.67. The molecule has 0 amide bonds. The zero-order valence-electron chi connectivity index (χ0n) is 12.5. The van der Waals surface area contributed by atoms with E-state index in [1.807, 2.05) is 36.1 Å². The first-order valence-corrected chi connectivity index (χ1v) is 7.40. The molecular weight excluding hydrogens is 270 g/mol. The van der Waals surface area contributed by atoms with Crippen LogP contribution in [0.15, 0.2) is 30.5 Å². The summed E-state index contributed by atoms with van der Waals surface area (Å²) in [5.74, 6) is 0. The highest BCUT2D eigenvalue weighted by atomic mass is 35.5. The molecule has 1 heterocycles. The van der Waals surface area contributed by atoms with E-state index in [9.17, 15) is 0 Å². The van der Waals surface area contributed by atoms with Crippen molar-refractivity contribution in [3.8, 4) is 0 Å². The Labute approximate surface area is 126 Å². The van der Waals surface area contributed by atoms with E-state index in [1.165, 1.54) is 16.8 Å². The van der Waals surface area contributed by atoms with Crippen molar-refractivity contribution >= 4 is 11.6 Å². The molecule has 20 heavy (non-hydrogen) atoms. The largest absolute Gasteiger partial charge is 0.303 e. The molecule has 4 heteroatoms. The van der Waals surface area contributed by atoms with E-state index in [-0.39, 0.29) is 6.04 Å². The average molecular weight is 292 g/mol. The van der Waals surface area contributed by atoms with Crippen molar-refractivity contribution in [3.63, 3.8) is 0 Å². The number of halogens is 1.